The van der Waals surface area contributed by atoms with E-state index < -0.39 is 4.92 Å². The summed E-state index contributed by atoms with van der Waals surface area (Å²) in [4.78, 5) is 11.2. The fraction of sp³-hybridized carbons (Fsp3) is 0.176. The zero-order valence-corrected chi connectivity index (χ0v) is 14.6. The molecule has 25 heavy (non-hydrogen) atoms. The van der Waals surface area contributed by atoms with Crippen LogP contribution in [-0.4, -0.2) is 15.2 Å². The first-order chi connectivity index (χ1) is 12.0. The molecule has 0 atom stereocenters. The number of hydrogen-bond donors (Lipinski definition) is 0. The van der Waals surface area contributed by atoms with E-state index >= 15 is 0 Å². The highest BCUT2D eigenvalue weighted by atomic mass is 32.1. The minimum Gasteiger partial charge on any atom is -0.467 e. The van der Waals surface area contributed by atoms with Crippen LogP contribution in [0.15, 0.2) is 62.7 Å². The number of hydrogen-bond acceptors (Lipinski definition) is 6. The Labute approximate surface area is 147 Å². The van der Waals surface area contributed by atoms with Gasteiger partial charge in [0.1, 0.15) is 5.76 Å². The molecular weight excluding hydrogens is 340 g/mol. The van der Waals surface area contributed by atoms with E-state index in [1.165, 1.54) is 23.5 Å². The van der Waals surface area contributed by atoms with E-state index in [0.717, 1.165) is 16.3 Å². The summed E-state index contributed by atoms with van der Waals surface area (Å²) in [5, 5.41) is 21.4. The normalized spacial score (nSPS) is 12.6. The Morgan fingerprint density at radius 2 is 2.20 bits per heavy atom. The molecule has 0 aliphatic heterocycles. The molecule has 2 aromatic heterocycles. The third kappa shape index (κ3) is 3.92. The number of nitro groups is 1. The van der Waals surface area contributed by atoms with Crippen molar-refractivity contribution in [3.63, 3.8) is 0 Å². The van der Waals surface area contributed by atoms with Crippen LogP contribution in [0.4, 0.5) is 5.69 Å². The van der Waals surface area contributed by atoms with Crippen molar-refractivity contribution in [3.05, 3.63) is 80.0 Å². The highest BCUT2D eigenvalue weighted by Gasteiger charge is 2.08. The predicted octanol–water partition coefficient (Wildman–Crippen LogP) is 3.73. The van der Waals surface area contributed by atoms with Gasteiger partial charge in [-0.3, -0.25) is 10.1 Å². The maximum Gasteiger partial charge on any atom is 0.270 e. The smallest absolute Gasteiger partial charge is 0.270 e. The molecule has 0 bridgehead atoms. The van der Waals surface area contributed by atoms with Gasteiger partial charge in [0.25, 0.3) is 5.69 Å². The molecule has 128 valence electrons. The van der Waals surface area contributed by atoms with Gasteiger partial charge in [0, 0.05) is 28.8 Å². The summed E-state index contributed by atoms with van der Waals surface area (Å²) in [5.41, 5.74) is 2.37. The Bertz CT molecular complexity index is 983. The first kappa shape index (κ1) is 16.8. The quantitative estimate of drug-likeness (QED) is 0.396. The molecule has 0 saturated carbocycles. The molecule has 0 unspecified atom stereocenters. The number of aromatic nitrogens is 1. The van der Waals surface area contributed by atoms with E-state index in [1.54, 1.807) is 25.3 Å². The van der Waals surface area contributed by atoms with E-state index in [-0.39, 0.29) is 5.69 Å². The highest BCUT2D eigenvalue weighted by Crippen LogP contribution is 2.14. The second kappa shape index (κ2) is 7.27. The maximum absolute atomic E-state index is 10.9. The maximum atomic E-state index is 10.9. The number of nitro benzene ring substituents is 1. The third-order valence-electron chi connectivity index (χ3n) is 3.65. The summed E-state index contributed by atoms with van der Waals surface area (Å²) in [7, 11) is 0. The van der Waals surface area contributed by atoms with Crippen molar-refractivity contribution in [2.24, 2.45) is 10.2 Å². The Balaban J connectivity index is 1.92. The molecule has 0 spiro atoms. The fourth-order valence-corrected chi connectivity index (χ4v) is 3.09. The second-order valence-electron chi connectivity index (χ2n) is 5.42. The first-order valence-corrected chi connectivity index (χ1v) is 8.43. The second-order valence-corrected chi connectivity index (χ2v) is 6.25. The summed E-state index contributed by atoms with van der Waals surface area (Å²) in [6.45, 7) is 4.35. The molecule has 0 aliphatic carbocycles. The van der Waals surface area contributed by atoms with Crippen molar-refractivity contribution in [3.8, 4) is 0 Å². The number of furan rings is 1. The Morgan fingerprint density at radius 1 is 1.36 bits per heavy atom. The lowest BCUT2D eigenvalue weighted by molar-refractivity contribution is -0.384. The minimum atomic E-state index is -0.423. The van der Waals surface area contributed by atoms with Crippen LogP contribution in [-0.2, 0) is 6.54 Å². The number of non-ortho nitro benzene ring substituents is 1. The van der Waals surface area contributed by atoms with Crippen LogP contribution >= 0.6 is 11.3 Å². The van der Waals surface area contributed by atoms with Crippen LogP contribution in [0.25, 0.3) is 0 Å². The van der Waals surface area contributed by atoms with Gasteiger partial charge in [-0.2, -0.15) is 5.10 Å². The molecule has 3 rings (SSSR count). The van der Waals surface area contributed by atoms with Crippen LogP contribution in [0.1, 0.15) is 23.9 Å². The van der Waals surface area contributed by atoms with Gasteiger partial charge in [-0.05, 0) is 26.0 Å². The van der Waals surface area contributed by atoms with Gasteiger partial charge in [0.15, 0.2) is 0 Å². The van der Waals surface area contributed by atoms with Gasteiger partial charge in [-0.25, -0.2) is 0 Å². The van der Waals surface area contributed by atoms with Gasteiger partial charge in [0.05, 0.1) is 23.4 Å². The van der Waals surface area contributed by atoms with Crippen LogP contribution in [0.2, 0.25) is 0 Å². The monoisotopic (exact) mass is 356 g/mol. The van der Waals surface area contributed by atoms with Crippen LogP contribution < -0.4 is 4.80 Å². The van der Waals surface area contributed by atoms with E-state index in [4.69, 9.17) is 4.42 Å². The molecule has 0 saturated heterocycles. The van der Waals surface area contributed by atoms with Gasteiger partial charge < -0.3 is 8.98 Å². The Kier molecular flexibility index (Phi) is 4.90. The summed E-state index contributed by atoms with van der Waals surface area (Å²) < 4.78 is 7.40. The molecule has 0 fully saturated rings. The van der Waals surface area contributed by atoms with Crippen molar-refractivity contribution in [2.75, 3.05) is 0 Å². The number of benzene rings is 1. The van der Waals surface area contributed by atoms with Crippen molar-refractivity contribution >= 4 is 22.7 Å². The Hall–Kier alpha value is -3.00. The van der Waals surface area contributed by atoms with Gasteiger partial charge in [-0.1, -0.05) is 12.1 Å². The molecule has 0 aliphatic rings. The minimum absolute atomic E-state index is 0.0342. The summed E-state index contributed by atoms with van der Waals surface area (Å²) in [5.74, 6) is 0.835. The number of thiazole rings is 1. The average molecular weight is 356 g/mol. The van der Waals surface area contributed by atoms with E-state index in [9.17, 15) is 10.1 Å². The molecule has 3 aromatic rings. The Morgan fingerprint density at radius 3 is 2.92 bits per heavy atom. The molecule has 8 heteroatoms. The molecule has 0 radical (unpaired) electrons. The largest absolute Gasteiger partial charge is 0.467 e. The average Bonchev–Trinajstić information content (AvgIpc) is 3.24. The molecule has 1 aromatic carbocycles. The lowest BCUT2D eigenvalue weighted by Gasteiger charge is -2.02. The summed E-state index contributed by atoms with van der Waals surface area (Å²) in [6.07, 6.45) is 1.64. The zero-order valence-electron chi connectivity index (χ0n) is 13.7. The lowest BCUT2D eigenvalue weighted by atomic mass is 10.1. The summed E-state index contributed by atoms with van der Waals surface area (Å²) in [6, 6.07) is 10.1. The number of aryl methyl sites for hydroxylation is 1. The van der Waals surface area contributed by atoms with Crippen molar-refractivity contribution in [1.82, 2.24) is 4.57 Å². The van der Waals surface area contributed by atoms with Gasteiger partial charge in [-0.15, -0.1) is 16.4 Å². The predicted molar refractivity (Wildman–Crippen MR) is 95.7 cm³/mol. The first-order valence-electron chi connectivity index (χ1n) is 7.55. The summed E-state index contributed by atoms with van der Waals surface area (Å²) >= 11 is 1.48. The SMILES string of the molecule is C/C(=N\N=c1/scc(C)n1Cc1ccco1)c1cccc([N+](=O)[O-])c1. The highest BCUT2D eigenvalue weighted by molar-refractivity contribution is 7.07. The van der Waals surface area contributed by atoms with Crippen LogP contribution in [0.3, 0.4) is 0 Å². The van der Waals surface area contributed by atoms with Crippen LogP contribution in [0.5, 0.6) is 0 Å². The fourth-order valence-electron chi connectivity index (χ4n) is 2.26. The van der Waals surface area contributed by atoms with Crippen molar-refractivity contribution < 1.29 is 9.34 Å². The van der Waals surface area contributed by atoms with Gasteiger partial charge in [0.2, 0.25) is 4.80 Å². The molecule has 2 heterocycles. The molecule has 7 nitrogen and oxygen atoms in total. The van der Waals surface area contributed by atoms with Gasteiger partial charge >= 0.3 is 0 Å². The molecular formula is C17H16N4O3S. The van der Waals surface area contributed by atoms with E-state index in [2.05, 4.69) is 10.2 Å². The van der Waals surface area contributed by atoms with Crippen LogP contribution in [0, 0.1) is 17.0 Å². The van der Waals surface area contributed by atoms with E-state index in [1.807, 2.05) is 29.0 Å². The molecule has 0 amide bonds. The zero-order chi connectivity index (χ0) is 17.8. The van der Waals surface area contributed by atoms with E-state index in [0.29, 0.717) is 17.8 Å². The van der Waals surface area contributed by atoms with Crippen molar-refractivity contribution in [1.29, 1.82) is 0 Å². The standard InChI is InChI=1S/C17H16N4O3S/c1-12-11-25-17(20(12)10-16-7-4-8-24-16)19-18-13(2)14-5-3-6-15(9-14)21(22)23/h3-9,11H,10H2,1-2H3/b18-13+,19-17-. The third-order valence-corrected chi connectivity index (χ3v) is 4.62. The van der Waals surface area contributed by atoms with Crippen molar-refractivity contribution in [2.45, 2.75) is 20.4 Å². The number of rotatable bonds is 5. The number of nitrogens with zero attached hydrogens (tertiary/aromatic N) is 4. The lowest BCUT2D eigenvalue weighted by Crippen LogP contribution is -2.16. The molecule has 0 N–H and O–H groups in total. The topological polar surface area (TPSA) is 85.9 Å².